The summed E-state index contributed by atoms with van der Waals surface area (Å²) in [5.41, 5.74) is 7.28. The van der Waals surface area contributed by atoms with Gasteiger partial charge in [-0.3, -0.25) is 15.2 Å². The maximum atomic E-state index is 10.7. The molecule has 0 aliphatic heterocycles. The molecule has 0 saturated carbocycles. The molecule has 2 aromatic heterocycles. The van der Waals surface area contributed by atoms with Gasteiger partial charge in [0.2, 0.25) is 0 Å². The van der Waals surface area contributed by atoms with Crippen LogP contribution < -0.4 is 11.1 Å². The average Bonchev–Trinajstić information content (AvgIpc) is 2.89. The number of hydrogen-bond acceptors (Lipinski definition) is 6. The summed E-state index contributed by atoms with van der Waals surface area (Å²) >= 11 is 0. The van der Waals surface area contributed by atoms with Gasteiger partial charge >= 0.3 is 0 Å². The molecule has 0 saturated heterocycles. The normalized spacial score (nSPS) is 10.7. The molecule has 2 heterocycles. The Morgan fingerprint density at radius 2 is 2.19 bits per heavy atom. The van der Waals surface area contributed by atoms with Gasteiger partial charge in [-0.1, -0.05) is 0 Å². The van der Waals surface area contributed by atoms with Crippen LogP contribution in [0.1, 0.15) is 5.56 Å². The number of non-ortho nitro benzene ring substituents is 1. The van der Waals surface area contributed by atoms with Crippen molar-refractivity contribution in [3.05, 3.63) is 52.2 Å². The Kier molecular flexibility index (Phi) is 3.11. The first-order chi connectivity index (χ1) is 10.1. The molecule has 0 radical (unpaired) electrons. The van der Waals surface area contributed by atoms with E-state index in [1.165, 1.54) is 12.1 Å². The van der Waals surface area contributed by atoms with E-state index in [4.69, 9.17) is 5.73 Å². The molecule has 0 unspecified atom stereocenters. The maximum Gasteiger partial charge on any atom is 0.270 e. The van der Waals surface area contributed by atoms with E-state index in [0.717, 1.165) is 10.9 Å². The quantitative estimate of drug-likeness (QED) is 0.497. The molecule has 3 aromatic rings. The first kappa shape index (κ1) is 12.9. The molecule has 1 aromatic carbocycles. The third-order valence-corrected chi connectivity index (χ3v) is 3.09. The molecule has 0 fully saturated rings. The lowest BCUT2D eigenvalue weighted by molar-refractivity contribution is -0.384. The fraction of sp³-hybridized carbons (Fsp3) is 0.0769. The molecule has 4 N–H and O–H groups in total. The van der Waals surface area contributed by atoms with Crippen molar-refractivity contribution in [1.29, 1.82) is 0 Å². The average molecular weight is 284 g/mol. The van der Waals surface area contributed by atoms with E-state index in [9.17, 15) is 10.1 Å². The van der Waals surface area contributed by atoms with Gasteiger partial charge < -0.3 is 11.1 Å². The monoisotopic (exact) mass is 284 g/mol. The summed E-state index contributed by atoms with van der Waals surface area (Å²) in [6, 6.07) is 8.12. The molecule has 0 bridgehead atoms. The topological polar surface area (TPSA) is 123 Å². The SMILES string of the molecule is Nc1[nH]ncc1CNc1ccc2cc([N+](=O)[O-])ccc2n1. The molecule has 21 heavy (non-hydrogen) atoms. The minimum absolute atomic E-state index is 0.0520. The summed E-state index contributed by atoms with van der Waals surface area (Å²) in [5, 5.41) is 21.1. The molecule has 8 heteroatoms. The van der Waals surface area contributed by atoms with Crippen LogP contribution in [0, 0.1) is 10.1 Å². The number of nitrogen functional groups attached to an aromatic ring is 1. The molecular weight excluding hydrogens is 272 g/mol. The molecule has 0 atom stereocenters. The maximum absolute atomic E-state index is 10.7. The van der Waals surface area contributed by atoms with E-state index < -0.39 is 4.92 Å². The Morgan fingerprint density at radius 3 is 2.90 bits per heavy atom. The number of benzene rings is 1. The van der Waals surface area contributed by atoms with Crippen LogP contribution in [0.3, 0.4) is 0 Å². The van der Waals surface area contributed by atoms with Crippen molar-refractivity contribution in [3.8, 4) is 0 Å². The van der Waals surface area contributed by atoms with Crippen molar-refractivity contribution < 1.29 is 4.92 Å². The van der Waals surface area contributed by atoms with Crippen molar-refractivity contribution in [2.24, 2.45) is 0 Å². The van der Waals surface area contributed by atoms with Crippen molar-refractivity contribution >= 4 is 28.2 Å². The summed E-state index contributed by atoms with van der Waals surface area (Å²) in [4.78, 5) is 14.7. The number of pyridine rings is 1. The van der Waals surface area contributed by atoms with Crippen LogP contribution in [0.15, 0.2) is 36.5 Å². The van der Waals surface area contributed by atoms with Crippen molar-refractivity contribution in [2.45, 2.75) is 6.54 Å². The Hall–Kier alpha value is -3.16. The molecule has 0 aliphatic rings. The van der Waals surface area contributed by atoms with Crippen molar-refractivity contribution in [3.63, 3.8) is 0 Å². The highest BCUT2D eigenvalue weighted by Gasteiger charge is 2.07. The van der Waals surface area contributed by atoms with Crippen LogP contribution in [-0.4, -0.2) is 20.1 Å². The van der Waals surface area contributed by atoms with Gasteiger partial charge in [0.1, 0.15) is 11.6 Å². The van der Waals surface area contributed by atoms with E-state index in [0.29, 0.717) is 23.7 Å². The standard InChI is InChI=1S/C13H12N6O2/c14-13-9(7-16-18-13)6-15-12-4-1-8-5-10(19(20)21)2-3-11(8)17-12/h1-5,7H,6H2,(H,15,17)(H3,14,16,18). The number of H-pyrrole nitrogens is 1. The number of nitro groups is 1. The smallest absolute Gasteiger partial charge is 0.270 e. The molecule has 106 valence electrons. The van der Waals surface area contributed by atoms with E-state index in [-0.39, 0.29) is 5.69 Å². The highest BCUT2D eigenvalue weighted by atomic mass is 16.6. The van der Waals surface area contributed by atoms with Crippen molar-refractivity contribution in [2.75, 3.05) is 11.1 Å². The van der Waals surface area contributed by atoms with Gasteiger partial charge in [0.25, 0.3) is 5.69 Å². The van der Waals surface area contributed by atoms with Gasteiger partial charge in [0.15, 0.2) is 0 Å². The number of hydrogen-bond donors (Lipinski definition) is 3. The Labute approximate surface area is 119 Å². The zero-order chi connectivity index (χ0) is 14.8. The predicted octanol–water partition coefficient (Wildman–Crippen LogP) is 2.06. The number of nitro benzene ring substituents is 1. The summed E-state index contributed by atoms with van der Waals surface area (Å²) in [7, 11) is 0. The van der Waals surface area contributed by atoms with E-state index >= 15 is 0 Å². The summed E-state index contributed by atoms with van der Waals surface area (Å²) in [5.74, 6) is 1.18. The second-order valence-electron chi connectivity index (χ2n) is 4.49. The second kappa shape index (κ2) is 5.08. The van der Waals surface area contributed by atoms with E-state index in [2.05, 4.69) is 20.5 Å². The summed E-state index contributed by atoms with van der Waals surface area (Å²) in [6.45, 7) is 0.494. The third kappa shape index (κ3) is 2.59. The molecular formula is C13H12N6O2. The minimum atomic E-state index is -0.423. The molecule has 8 nitrogen and oxygen atoms in total. The number of anilines is 2. The van der Waals surface area contributed by atoms with Crippen LogP contribution in [0.5, 0.6) is 0 Å². The van der Waals surface area contributed by atoms with Crippen LogP contribution in [0.4, 0.5) is 17.3 Å². The number of fused-ring (bicyclic) bond motifs is 1. The predicted molar refractivity (Wildman–Crippen MR) is 78.7 cm³/mol. The minimum Gasteiger partial charge on any atom is -0.384 e. The third-order valence-electron chi connectivity index (χ3n) is 3.09. The number of nitrogens with one attached hydrogen (secondary N) is 2. The second-order valence-corrected chi connectivity index (χ2v) is 4.49. The zero-order valence-corrected chi connectivity index (χ0v) is 10.9. The lowest BCUT2D eigenvalue weighted by Crippen LogP contribution is -2.03. The largest absolute Gasteiger partial charge is 0.384 e. The highest BCUT2D eigenvalue weighted by molar-refractivity contribution is 5.82. The van der Waals surface area contributed by atoms with Gasteiger partial charge in [0, 0.05) is 29.6 Å². The Morgan fingerprint density at radius 1 is 1.33 bits per heavy atom. The lowest BCUT2D eigenvalue weighted by atomic mass is 10.2. The first-order valence-corrected chi connectivity index (χ1v) is 6.20. The number of aromatic amines is 1. The molecule has 0 spiro atoms. The number of aromatic nitrogens is 3. The Balaban J connectivity index is 1.82. The van der Waals surface area contributed by atoms with Gasteiger partial charge in [-0.05, 0) is 18.2 Å². The van der Waals surface area contributed by atoms with Crippen LogP contribution in [0.2, 0.25) is 0 Å². The number of nitrogens with zero attached hydrogens (tertiary/aromatic N) is 3. The van der Waals surface area contributed by atoms with Crippen LogP contribution in [-0.2, 0) is 6.54 Å². The van der Waals surface area contributed by atoms with Crippen LogP contribution in [0.25, 0.3) is 10.9 Å². The number of nitrogens with two attached hydrogens (primary N) is 1. The van der Waals surface area contributed by atoms with Gasteiger partial charge in [-0.25, -0.2) is 4.98 Å². The zero-order valence-electron chi connectivity index (χ0n) is 10.9. The van der Waals surface area contributed by atoms with E-state index in [1.54, 1.807) is 24.4 Å². The molecule has 0 amide bonds. The molecule has 0 aliphatic carbocycles. The molecule has 3 rings (SSSR count). The lowest BCUT2D eigenvalue weighted by Gasteiger charge is -2.06. The van der Waals surface area contributed by atoms with E-state index in [1.807, 2.05) is 0 Å². The fourth-order valence-electron chi connectivity index (χ4n) is 1.97. The first-order valence-electron chi connectivity index (χ1n) is 6.20. The summed E-state index contributed by atoms with van der Waals surface area (Å²) in [6.07, 6.45) is 1.65. The fourth-order valence-corrected chi connectivity index (χ4v) is 1.97. The van der Waals surface area contributed by atoms with Gasteiger partial charge in [0.05, 0.1) is 16.6 Å². The summed E-state index contributed by atoms with van der Waals surface area (Å²) < 4.78 is 0. The van der Waals surface area contributed by atoms with Crippen molar-refractivity contribution in [1.82, 2.24) is 15.2 Å². The number of rotatable bonds is 4. The highest BCUT2D eigenvalue weighted by Crippen LogP contribution is 2.21. The van der Waals surface area contributed by atoms with Gasteiger partial charge in [-0.15, -0.1) is 0 Å². The van der Waals surface area contributed by atoms with Gasteiger partial charge in [-0.2, -0.15) is 5.10 Å². The van der Waals surface area contributed by atoms with Crippen LogP contribution >= 0.6 is 0 Å². The Bertz CT molecular complexity index is 813.